The van der Waals surface area contributed by atoms with E-state index < -0.39 is 0 Å². The Morgan fingerprint density at radius 1 is 1.07 bits per heavy atom. The Labute approximate surface area is 93.9 Å². The lowest BCUT2D eigenvalue weighted by atomic mass is 9.92. The van der Waals surface area contributed by atoms with E-state index in [0.29, 0.717) is 6.04 Å². The molecule has 1 aliphatic heterocycles. The summed E-state index contributed by atoms with van der Waals surface area (Å²) in [5, 5.41) is 3.59. The van der Waals surface area contributed by atoms with E-state index in [2.05, 4.69) is 42.6 Å². The number of hydrogen-bond acceptors (Lipinski definition) is 1. The summed E-state index contributed by atoms with van der Waals surface area (Å²) in [6.45, 7) is 7.48. The van der Waals surface area contributed by atoms with Crippen LogP contribution >= 0.6 is 0 Å². The standard InChI is InChI=1S/C12H17N.C2H6/c1-10-7-8-12(13-9-10)11-5-3-2-4-6-11;1-2/h2-6,10,12-13H,7-9H2,1H3;1-2H3. The highest BCUT2D eigenvalue weighted by Gasteiger charge is 2.17. The topological polar surface area (TPSA) is 12.0 Å². The van der Waals surface area contributed by atoms with Gasteiger partial charge in [0, 0.05) is 6.04 Å². The molecule has 2 unspecified atom stereocenters. The van der Waals surface area contributed by atoms with Crippen LogP contribution < -0.4 is 5.32 Å². The molecule has 0 radical (unpaired) electrons. The normalized spacial score (nSPS) is 25.3. The molecule has 1 saturated heterocycles. The summed E-state index contributed by atoms with van der Waals surface area (Å²) >= 11 is 0. The summed E-state index contributed by atoms with van der Waals surface area (Å²) in [6.07, 6.45) is 2.64. The number of rotatable bonds is 1. The molecule has 2 atom stereocenters. The lowest BCUT2D eigenvalue weighted by Gasteiger charge is -2.28. The van der Waals surface area contributed by atoms with Crippen LogP contribution in [0.1, 0.15) is 45.2 Å². The minimum Gasteiger partial charge on any atom is -0.310 e. The van der Waals surface area contributed by atoms with Crippen molar-refractivity contribution < 1.29 is 0 Å². The largest absolute Gasteiger partial charge is 0.310 e. The summed E-state index contributed by atoms with van der Waals surface area (Å²) in [6, 6.07) is 11.3. The number of nitrogens with one attached hydrogen (secondary N) is 1. The van der Waals surface area contributed by atoms with Crippen LogP contribution in [0.2, 0.25) is 0 Å². The highest BCUT2D eigenvalue weighted by molar-refractivity contribution is 5.19. The molecule has 0 spiro atoms. The van der Waals surface area contributed by atoms with Gasteiger partial charge in [0.2, 0.25) is 0 Å². The molecule has 0 saturated carbocycles. The Balaban J connectivity index is 0.000000531. The predicted molar refractivity (Wildman–Crippen MR) is 66.9 cm³/mol. The third kappa shape index (κ3) is 3.67. The van der Waals surface area contributed by atoms with E-state index in [-0.39, 0.29) is 0 Å². The molecule has 1 aromatic rings. The highest BCUT2D eigenvalue weighted by Crippen LogP contribution is 2.24. The molecular weight excluding hydrogens is 182 g/mol. The molecule has 0 aromatic heterocycles. The van der Waals surface area contributed by atoms with Crippen molar-refractivity contribution in [2.45, 2.75) is 39.7 Å². The van der Waals surface area contributed by atoms with Crippen molar-refractivity contribution in [1.82, 2.24) is 5.32 Å². The number of benzene rings is 1. The van der Waals surface area contributed by atoms with Gasteiger partial charge in [0.15, 0.2) is 0 Å². The van der Waals surface area contributed by atoms with Crippen LogP contribution in [-0.2, 0) is 0 Å². The highest BCUT2D eigenvalue weighted by atomic mass is 14.9. The molecule has 84 valence electrons. The minimum absolute atomic E-state index is 0.595. The van der Waals surface area contributed by atoms with Crippen molar-refractivity contribution in [2.75, 3.05) is 6.54 Å². The Morgan fingerprint density at radius 3 is 2.27 bits per heavy atom. The number of hydrogen-bond donors (Lipinski definition) is 1. The smallest absolute Gasteiger partial charge is 0.0320 e. The average molecular weight is 205 g/mol. The van der Waals surface area contributed by atoms with Gasteiger partial charge < -0.3 is 5.32 Å². The van der Waals surface area contributed by atoms with Crippen LogP contribution in [0.4, 0.5) is 0 Å². The summed E-state index contributed by atoms with van der Waals surface area (Å²) in [5.74, 6) is 0.847. The van der Waals surface area contributed by atoms with E-state index >= 15 is 0 Å². The first-order chi connectivity index (χ1) is 7.36. The third-order valence-electron chi connectivity index (χ3n) is 2.86. The zero-order valence-corrected chi connectivity index (χ0v) is 10.2. The maximum Gasteiger partial charge on any atom is 0.0320 e. The van der Waals surface area contributed by atoms with Gasteiger partial charge in [-0.2, -0.15) is 0 Å². The summed E-state index contributed by atoms with van der Waals surface area (Å²) in [5.41, 5.74) is 1.44. The Morgan fingerprint density at radius 2 is 1.73 bits per heavy atom. The Hall–Kier alpha value is -0.820. The van der Waals surface area contributed by atoms with E-state index in [4.69, 9.17) is 0 Å². The molecule has 15 heavy (non-hydrogen) atoms. The minimum atomic E-state index is 0.595. The van der Waals surface area contributed by atoms with Crippen LogP contribution in [0.5, 0.6) is 0 Å². The second-order valence-corrected chi connectivity index (χ2v) is 4.05. The first-order valence-electron chi connectivity index (χ1n) is 6.14. The molecule has 0 amide bonds. The van der Waals surface area contributed by atoms with Gasteiger partial charge in [0.25, 0.3) is 0 Å². The SMILES string of the molecule is CC.CC1CCC(c2ccccc2)NC1. The molecule has 1 nitrogen and oxygen atoms in total. The lowest BCUT2D eigenvalue weighted by Crippen LogP contribution is -2.31. The first kappa shape index (κ1) is 12.3. The zero-order chi connectivity index (χ0) is 11.1. The van der Waals surface area contributed by atoms with Crippen molar-refractivity contribution in [3.8, 4) is 0 Å². The molecule has 1 aliphatic rings. The molecule has 0 aliphatic carbocycles. The van der Waals surface area contributed by atoms with Crippen LogP contribution in [0, 0.1) is 5.92 Å². The van der Waals surface area contributed by atoms with Gasteiger partial charge in [-0.25, -0.2) is 0 Å². The Bertz CT molecular complexity index is 247. The fourth-order valence-corrected chi connectivity index (χ4v) is 1.97. The maximum absolute atomic E-state index is 3.59. The zero-order valence-electron chi connectivity index (χ0n) is 10.2. The van der Waals surface area contributed by atoms with Crippen molar-refractivity contribution in [3.05, 3.63) is 35.9 Å². The van der Waals surface area contributed by atoms with Gasteiger partial charge in [0.05, 0.1) is 0 Å². The van der Waals surface area contributed by atoms with Crippen molar-refractivity contribution in [3.63, 3.8) is 0 Å². The van der Waals surface area contributed by atoms with Gasteiger partial charge in [-0.05, 0) is 30.9 Å². The third-order valence-corrected chi connectivity index (χ3v) is 2.86. The molecule has 1 heteroatoms. The molecular formula is C14H23N. The fourth-order valence-electron chi connectivity index (χ4n) is 1.97. The molecule has 1 heterocycles. The molecule has 2 rings (SSSR count). The predicted octanol–water partition coefficient (Wildman–Crippen LogP) is 3.77. The fraction of sp³-hybridized carbons (Fsp3) is 0.571. The van der Waals surface area contributed by atoms with Crippen LogP contribution in [0.3, 0.4) is 0 Å². The van der Waals surface area contributed by atoms with Crippen molar-refractivity contribution in [2.24, 2.45) is 5.92 Å². The van der Waals surface area contributed by atoms with Crippen molar-refractivity contribution >= 4 is 0 Å². The van der Waals surface area contributed by atoms with Gasteiger partial charge >= 0.3 is 0 Å². The van der Waals surface area contributed by atoms with Crippen molar-refractivity contribution in [1.29, 1.82) is 0 Å². The summed E-state index contributed by atoms with van der Waals surface area (Å²) in [4.78, 5) is 0. The maximum atomic E-state index is 3.59. The monoisotopic (exact) mass is 205 g/mol. The van der Waals surface area contributed by atoms with Crippen LogP contribution in [0.25, 0.3) is 0 Å². The second kappa shape index (κ2) is 6.62. The van der Waals surface area contributed by atoms with Gasteiger partial charge in [-0.15, -0.1) is 0 Å². The van der Waals surface area contributed by atoms with E-state index in [1.807, 2.05) is 13.8 Å². The first-order valence-corrected chi connectivity index (χ1v) is 6.14. The van der Waals surface area contributed by atoms with E-state index in [0.717, 1.165) is 5.92 Å². The summed E-state index contributed by atoms with van der Waals surface area (Å²) in [7, 11) is 0. The average Bonchev–Trinajstić information content (AvgIpc) is 2.34. The van der Waals surface area contributed by atoms with Gasteiger partial charge in [0.1, 0.15) is 0 Å². The van der Waals surface area contributed by atoms with Crippen LogP contribution in [-0.4, -0.2) is 6.54 Å². The Kier molecular flexibility index (Phi) is 5.41. The quantitative estimate of drug-likeness (QED) is 0.736. The molecule has 0 bridgehead atoms. The summed E-state index contributed by atoms with van der Waals surface area (Å²) < 4.78 is 0. The van der Waals surface area contributed by atoms with E-state index in [9.17, 15) is 0 Å². The van der Waals surface area contributed by atoms with Gasteiger partial charge in [-0.1, -0.05) is 51.1 Å². The molecule has 1 aromatic carbocycles. The van der Waals surface area contributed by atoms with E-state index in [1.54, 1.807) is 0 Å². The molecule has 1 fully saturated rings. The van der Waals surface area contributed by atoms with Crippen LogP contribution in [0.15, 0.2) is 30.3 Å². The van der Waals surface area contributed by atoms with Gasteiger partial charge in [-0.3, -0.25) is 0 Å². The number of piperidine rings is 1. The van der Waals surface area contributed by atoms with E-state index in [1.165, 1.54) is 24.9 Å². The lowest BCUT2D eigenvalue weighted by molar-refractivity contribution is 0.333. The molecule has 1 N–H and O–H groups in total. The second-order valence-electron chi connectivity index (χ2n) is 4.05.